The van der Waals surface area contributed by atoms with Gasteiger partial charge in [0.2, 0.25) is 5.91 Å². The molecule has 0 aliphatic rings. The first kappa shape index (κ1) is 27.5. The van der Waals surface area contributed by atoms with Gasteiger partial charge in [-0.15, -0.1) is 0 Å². The molecule has 0 heterocycles. The molecule has 0 aliphatic heterocycles. The average molecular weight is 435 g/mol. The Morgan fingerprint density at radius 1 is 1.03 bits per heavy atom. The fraction of sp³-hybridized carbons (Fsp3) is 0.850. The minimum Gasteiger partial charge on any atom is -0.460 e. The highest BCUT2D eigenvalue weighted by Crippen LogP contribution is 2.11. The second-order valence-corrected chi connectivity index (χ2v) is 7.72. The molecule has 0 saturated heterocycles. The SMILES string of the molecule is CCCCCCCCCCCC(=O)N[C@@H](CCCN=C(N)N)C(=O)OCC(O)Cl. The molecule has 8 nitrogen and oxygen atoms in total. The van der Waals surface area contributed by atoms with E-state index in [-0.39, 0.29) is 18.5 Å². The Hall–Kier alpha value is -1.54. The van der Waals surface area contributed by atoms with E-state index in [1.54, 1.807) is 0 Å². The van der Waals surface area contributed by atoms with Gasteiger partial charge in [-0.3, -0.25) is 9.79 Å². The smallest absolute Gasteiger partial charge is 0.328 e. The van der Waals surface area contributed by atoms with Crippen molar-refractivity contribution in [3.8, 4) is 0 Å². The summed E-state index contributed by atoms with van der Waals surface area (Å²) in [4.78, 5) is 28.2. The molecule has 0 aliphatic carbocycles. The lowest BCUT2D eigenvalue weighted by atomic mass is 10.1. The zero-order valence-corrected chi connectivity index (χ0v) is 18.5. The number of hydrogen-bond donors (Lipinski definition) is 4. The fourth-order valence-electron chi connectivity index (χ4n) is 2.87. The maximum atomic E-state index is 12.2. The zero-order chi connectivity index (χ0) is 21.9. The summed E-state index contributed by atoms with van der Waals surface area (Å²) in [6.45, 7) is 2.22. The third kappa shape index (κ3) is 18.2. The van der Waals surface area contributed by atoms with Crippen molar-refractivity contribution in [2.75, 3.05) is 13.2 Å². The van der Waals surface area contributed by atoms with Gasteiger partial charge in [-0.05, 0) is 19.3 Å². The molecule has 0 aromatic rings. The summed E-state index contributed by atoms with van der Waals surface area (Å²) in [6, 6.07) is -0.814. The highest BCUT2D eigenvalue weighted by molar-refractivity contribution is 6.19. The maximum Gasteiger partial charge on any atom is 0.328 e. The first-order valence-corrected chi connectivity index (χ1v) is 11.1. The molecule has 0 radical (unpaired) electrons. The molecule has 0 spiro atoms. The summed E-state index contributed by atoms with van der Waals surface area (Å²) in [5.74, 6) is -0.846. The number of ether oxygens (including phenoxy) is 1. The Morgan fingerprint density at radius 2 is 1.62 bits per heavy atom. The monoisotopic (exact) mass is 434 g/mol. The van der Waals surface area contributed by atoms with Gasteiger partial charge in [0.25, 0.3) is 0 Å². The predicted molar refractivity (Wildman–Crippen MR) is 117 cm³/mol. The van der Waals surface area contributed by atoms with Gasteiger partial charge < -0.3 is 26.6 Å². The molecule has 0 fully saturated rings. The fourth-order valence-corrected chi connectivity index (χ4v) is 2.93. The predicted octanol–water partition coefficient (Wildman–Crippen LogP) is 2.55. The van der Waals surface area contributed by atoms with Crippen LogP contribution in [0, 0.1) is 0 Å². The number of aliphatic hydroxyl groups excluding tert-OH is 1. The Labute approximate surface area is 179 Å². The van der Waals surface area contributed by atoms with Crippen LogP contribution in [0.15, 0.2) is 4.99 Å². The number of guanidine groups is 1. The molecule has 29 heavy (non-hydrogen) atoms. The number of hydrogen-bond acceptors (Lipinski definition) is 5. The number of amides is 1. The summed E-state index contributed by atoms with van der Waals surface area (Å²) >= 11 is 5.38. The quantitative estimate of drug-likeness (QED) is 0.0858. The van der Waals surface area contributed by atoms with Crippen LogP contribution in [0.1, 0.15) is 84.0 Å². The number of carbonyl (C=O) groups is 2. The number of nitrogens with one attached hydrogen (secondary N) is 1. The van der Waals surface area contributed by atoms with Crippen molar-refractivity contribution in [1.29, 1.82) is 0 Å². The number of aliphatic hydroxyl groups is 1. The topological polar surface area (TPSA) is 140 Å². The zero-order valence-electron chi connectivity index (χ0n) is 17.7. The Balaban J connectivity index is 4.16. The van der Waals surface area contributed by atoms with E-state index >= 15 is 0 Å². The summed E-state index contributed by atoms with van der Waals surface area (Å²) in [7, 11) is 0. The largest absolute Gasteiger partial charge is 0.460 e. The van der Waals surface area contributed by atoms with Crippen molar-refractivity contribution < 1.29 is 19.4 Å². The molecule has 9 heteroatoms. The third-order valence-electron chi connectivity index (χ3n) is 4.44. The second kappa shape index (κ2) is 18.5. The van der Waals surface area contributed by atoms with Crippen molar-refractivity contribution in [2.24, 2.45) is 16.5 Å². The second-order valence-electron chi connectivity index (χ2n) is 7.21. The molecule has 0 saturated carbocycles. The third-order valence-corrected chi connectivity index (χ3v) is 4.56. The molecule has 0 aromatic carbocycles. The summed E-state index contributed by atoms with van der Waals surface area (Å²) < 4.78 is 4.92. The molecule has 2 atom stereocenters. The van der Waals surface area contributed by atoms with Crippen LogP contribution in [0.25, 0.3) is 0 Å². The van der Waals surface area contributed by atoms with Gasteiger partial charge in [-0.25, -0.2) is 4.79 Å². The lowest BCUT2D eigenvalue weighted by Crippen LogP contribution is -2.42. The molecule has 0 aromatic heterocycles. The van der Waals surface area contributed by atoms with Gasteiger partial charge in [0.05, 0.1) is 0 Å². The molecule has 0 bridgehead atoms. The number of alkyl halides is 1. The van der Waals surface area contributed by atoms with Gasteiger partial charge in [-0.2, -0.15) is 0 Å². The number of aliphatic imine (C=N–C) groups is 1. The Bertz CT molecular complexity index is 471. The van der Waals surface area contributed by atoms with E-state index in [1.807, 2.05) is 0 Å². The van der Waals surface area contributed by atoms with E-state index in [0.29, 0.717) is 25.8 Å². The number of rotatable bonds is 18. The molecule has 1 amide bonds. The standard InChI is InChI=1S/C20H39ClN4O4/c1-2-3-4-5-6-7-8-9-10-13-18(27)25-16(12-11-14-24-20(22)23)19(28)29-15-17(21)26/h16-17,26H,2-15H2,1H3,(H,25,27)(H4,22,23,24)/t16-,17?/m0/s1. The number of nitrogens with two attached hydrogens (primary N) is 2. The summed E-state index contributed by atoms with van der Waals surface area (Å²) in [6.07, 6.45) is 11.7. The van der Waals surface area contributed by atoms with Crippen molar-refractivity contribution in [2.45, 2.75) is 95.6 Å². The Kier molecular flexibility index (Phi) is 17.5. The molecular formula is C20H39ClN4O4. The van der Waals surface area contributed by atoms with E-state index in [2.05, 4.69) is 17.2 Å². The van der Waals surface area contributed by atoms with Gasteiger partial charge in [0, 0.05) is 13.0 Å². The van der Waals surface area contributed by atoms with E-state index in [4.69, 9.17) is 32.9 Å². The minimum atomic E-state index is -1.28. The number of carbonyl (C=O) groups excluding carboxylic acids is 2. The highest BCUT2D eigenvalue weighted by atomic mass is 35.5. The van der Waals surface area contributed by atoms with Gasteiger partial charge in [-0.1, -0.05) is 69.9 Å². The lowest BCUT2D eigenvalue weighted by Gasteiger charge is -2.18. The van der Waals surface area contributed by atoms with Crippen LogP contribution in [0.4, 0.5) is 0 Å². The van der Waals surface area contributed by atoms with Crippen molar-refractivity contribution in [3.05, 3.63) is 0 Å². The van der Waals surface area contributed by atoms with E-state index in [0.717, 1.165) is 19.3 Å². The number of esters is 1. The molecule has 0 rings (SSSR count). The number of unbranched alkanes of at least 4 members (excludes halogenated alkanes) is 8. The van der Waals surface area contributed by atoms with Gasteiger partial charge in [0.15, 0.2) is 11.5 Å². The van der Waals surface area contributed by atoms with Crippen LogP contribution < -0.4 is 16.8 Å². The first-order chi connectivity index (χ1) is 13.9. The number of halogens is 1. The van der Waals surface area contributed by atoms with Crippen molar-refractivity contribution in [3.63, 3.8) is 0 Å². The minimum absolute atomic E-state index is 0.0243. The lowest BCUT2D eigenvalue weighted by molar-refractivity contribution is -0.149. The van der Waals surface area contributed by atoms with Crippen molar-refractivity contribution >= 4 is 29.4 Å². The van der Waals surface area contributed by atoms with Gasteiger partial charge in [0.1, 0.15) is 12.6 Å². The number of nitrogens with zero attached hydrogens (tertiary/aromatic N) is 1. The van der Waals surface area contributed by atoms with Crippen LogP contribution in [-0.4, -0.2) is 47.7 Å². The Morgan fingerprint density at radius 3 is 2.17 bits per heavy atom. The normalized spacial score (nSPS) is 12.8. The molecule has 1 unspecified atom stereocenters. The van der Waals surface area contributed by atoms with E-state index < -0.39 is 17.6 Å². The van der Waals surface area contributed by atoms with E-state index in [9.17, 15) is 9.59 Å². The van der Waals surface area contributed by atoms with E-state index in [1.165, 1.54) is 38.5 Å². The first-order valence-electron chi connectivity index (χ1n) is 10.7. The van der Waals surface area contributed by atoms with Crippen LogP contribution >= 0.6 is 11.6 Å². The van der Waals surface area contributed by atoms with Gasteiger partial charge >= 0.3 is 5.97 Å². The summed E-state index contributed by atoms with van der Waals surface area (Å²) in [5, 5.41) is 11.7. The van der Waals surface area contributed by atoms with Crippen LogP contribution in [0.3, 0.4) is 0 Å². The van der Waals surface area contributed by atoms with Crippen molar-refractivity contribution in [1.82, 2.24) is 5.32 Å². The molecule has 6 N–H and O–H groups in total. The molecule has 170 valence electrons. The highest BCUT2D eigenvalue weighted by Gasteiger charge is 2.22. The summed E-state index contributed by atoms with van der Waals surface area (Å²) in [5.41, 5.74) is 9.27. The van der Waals surface area contributed by atoms with Crippen LogP contribution in [0.5, 0.6) is 0 Å². The van der Waals surface area contributed by atoms with Crippen LogP contribution in [-0.2, 0) is 14.3 Å². The van der Waals surface area contributed by atoms with Crippen LogP contribution in [0.2, 0.25) is 0 Å². The molecular weight excluding hydrogens is 396 g/mol. The average Bonchev–Trinajstić information content (AvgIpc) is 2.66. The maximum absolute atomic E-state index is 12.2.